The lowest BCUT2D eigenvalue weighted by molar-refractivity contribution is -0.121. The molecule has 6 nitrogen and oxygen atoms in total. The predicted molar refractivity (Wildman–Crippen MR) is 91.7 cm³/mol. The summed E-state index contributed by atoms with van der Waals surface area (Å²) in [6, 6.07) is 16.2. The van der Waals surface area contributed by atoms with E-state index in [4.69, 9.17) is 0 Å². The van der Waals surface area contributed by atoms with Gasteiger partial charge in [0.05, 0.1) is 17.3 Å². The lowest BCUT2D eigenvalue weighted by atomic mass is 10.2. The van der Waals surface area contributed by atoms with Crippen LogP contribution in [-0.4, -0.2) is 15.7 Å². The SMILES string of the molecule is O=C(CCn1[nH]c(=O)c2ccccc2c1=O)NCc1ccccc1. The Morgan fingerprint density at radius 1 is 0.958 bits per heavy atom. The molecule has 0 unspecified atom stereocenters. The van der Waals surface area contributed by atoms with E-state index in [1.165, 1.54) is 4.68 Å². The van der Waals surface area contributed by atoms with Crippen LogP contribution >= 0.6 is 0 Å². The fourth-order valence-electron chi connectivity index (χ4n) is 2.50. The van der Waals surface area contributed by atoms with Crippen molar-refractivity contribution in [1.82, 2.24) is 15.1 Å². The molecule has 6 heteroatoms. The lowest BCUT2D eigenvalue weighted by Crippen LogP contribution is -2.32. The van der Waals surface area contributed by atoms with Gasteiger partial charge < -0.3 is 5.32 Å². The number of aromatic amines is 1. The molecule has 1 amide bonds. The highest BCUT2D eigenvalue weighted by molar-refractivity contribution is 5.80. The van der Waals surface area contributed by atoms with Crippen molar-refractivity contribution >= 4 is 16.7 Å². The number of nitrogens with one attached hydrogen (secondary N) is 2. The molecule has 2 N–H and O–H groups in total. The zero-order chi connectivity index (χ0) is 16.9. The molecule has 2 aromatic carbocycles. The molecule has 0 bridgehead atoms. The Balaban J connectivity index is 1.67. The summed E-state index contributed by atoms with van der Waals surface area (Å²) in [5, 5.41) is 6.02. The largest absolute Gasteiger partial charge is 0.352 e. The minimum absolute atomic E-state index is 0.112. The van der Waals surface area contributed by atoms with Gasteiger partial charge >= 0.3 is 0 Å². The normalized spacial score (nSPS) is 10.7. The van der Waals surface area contributed by atoms with Crippen LogP contribution in [0.25, 0.3) is 10.8 Å². The second-order valence-corrected chi connectivity index (χ2v) is 5.46. The fraction of sp³-hybridized carbons (Fsp3) is 0.167. The smallest absolute Gasteiger partial charge is 0.273 e. The minimum atomic E-state index is -0.338. The molecule has 122 valence electrons. The second kappa shape index (κ2) is 6.95. The number of aromatic nitrogens is 2. The van der Waals surface area contributed by atoms with E-state index < -0.39 is 0 Å². The molecule has 24 heavy (non-hydrogen) atoms. The first kappa shape index (κ1) is 15.7. The second-order valence-electron chi connectivity index (χ2n) is 5.46. The van der Waals surface area contributed by atoms with Gasteiger partial charge in [-0.05, 0) is 17.7 Å². The zero-order valence-corrected chi connectivity index (χ0v) is 13.0. The van der Waals surface area contributed by atoms with E-state index >= 15 is 0 Å². The van der Waals surface area contributed by atoms with E-state index in [0.29, 0.717) is 17.3 Å². The molecule has 0 saturated heterocycles. The van der Waals surface area contributed by atoms with Crippen LogP contribution in [0, 0.1) is 0 Å². The number of rotatable bonds is 5. The maximum atomic E-state index is 12.3. The molecule has 3 aromatic rings. The lowest BCUT2D eigenvalue weighted by Gasteiger charge is -2.08. The maximum Gasteiger partial charge on any atom is 0.273 e. The van der Waals surface area contributed by atoms with Gasteiger partial charge in [-0.15, -0.1) is 0 Å². The first-order chi connectivity index (χ1) is 11.6. The number of hydrogen-bond donors (Lipinski definition) is 2. The topological polar surface area (TPSA) is 84.0 Å². The quantitative estimate of drug-likeness (QED) is 0.744. The van der Waals surface area contributed by atoms with Gasteiger partial charge in [0, 0.05) is 13.0 Å². The molecule has 0 spiro atoms. The van der Waals surface area contributed by atoms with Gasteiger partial charge in [0.15, 0.2) is 0 Å². The molecule has 0 saturated carbocycles. The Morgan fingerprint density at radius 2 is 1.62 bits per heavy atom. The summed E-state index contributed by atoms with van der Waals surface area (Å²) < 4.78 is 1.19. The predicted octanol–water partition coefficient (Wildman–Crippen LogP) is 1.40. The molecule has 0 aliphatic rings. The van der Waals surface area contributed by atoms with Gasteiger partial charge in [0.2, 0.25) is 5.91 Å². The fourth-order valence-corrected chi connectivity index (χ4v) is 2.50. The van der Waals surface area contributed by atoms with E-state index in [-0.39, 0.29) is 30.0 Å². The molecule has 1 heterocycles. The Morgan fingerprint density at radius 3 is 2.38 bits per heavy atom. The van der Waals surface area contributed by atoms with Crippen LogP contribution in [0.1, 0.15) is 12.0 Å². The van der Waals surface area contributed by atoms with Crippen LogP contribution in [0.15, 0.2) is 64.2 Å². The molecular weight excluding hydrogens is 306 g/mol. The van der Waals surface area contributed by atoms with Crippen LogP contribution in [0.5, 0.6) is 0 Å². The third-order valence-corrected chi connectivity index (χ3v) is 3.78. The van der Waals surface area contributed by atoms with Crippen LogP contribution in [0.3, 0.4) is 0 Å². The van der Waals surface area contributed by atoms with Crippen molar-refractivity contribution in [3.63, 3.8) is 0 Å². The number of amides is 1. The zero-order valence-electron chi connectivity index (χ0n) is 13.0. The maximum absolute atomic E-state index is 12.3. The third-order valence-electron chi connectivity index (χ3n) is 3.78. The van der Waals surface area contributed by atoms with Crippen molar-refractivity contribution in [1.29, 1.82) is 0 Å². The average Bonchev–Trinajstić information content (AvgIpc) is 2.62. The molecule has 0 fully saturated rings. The summed E-state index contributed by atoms with van der Waals surface area (Å²) in [6.45, 7) is 0.558. The Labute approximate surface area is 137 Å². The summed E-state index contributed by atoms with van der Waals surface area (Å²) in [5.41, 5.74) is 0.359. The van der Waals surface area contributed by atoms with Gasteiger partial charge in [0.25, 0.3) is 11.1 Å². The van der Waals surface area contributed by atoms with Crippen molar-refractivity contribution in [3.8, 4) is 0 Å². The highest BCUT2D eigenvalue weighted by Gasteiger charge is 2.08. The van der Waals surface area contributed by atoms with Crippen LogP contribution in [-0.2, 0) is 17.9 Å². The monoisotopic (exact) mass is 323 g/mol. The number of fused-ring (bicyclic) bond motifs is 1. The first-order valence-corrected chi connectivity index (χ1v) is 7.67. The number of carbonyl (C=O) groups excluding carboxylic acids is 1. The number of benzene rings is 2. The molecule has 0 aliphatic carbocycles. The van der Waals surface area contributed by atoms with Gasteiger partial charge in [-0.2, -0.15) is 0 Å². The molecule has 0 aliphatic heterocycles. The van der Waals surface area contributed by atoms with E-state index in [9.17, 15) is 14.4 Å². The summed E-state index contributed by atoms with van der Waals surface area (Å²) in [4.78, 5) is 36.3. The van der Waals surface area contributed by atoms with E-state index in [1.54, 1.807) is 24.3 Å². The number of hydrogen-bond acceptors (Lipinski definition) is 3. The van der Waals surface area contributed by atoms with Crippen LogP contribution in [0.2, 0.25) is 0 Å². The first-order valence-electron chi connectivity index (χ1n) is 7.67. The van der Waals surface area contributed by atoms with E-state index in [0.717, 1.165) is 5.56 Å². The van der Waals surface area contributed by atoms with Gasteiger partial charge in [-0.3, -0.25) is 19.5 Å². The van der Waals surface area contributed by atoms with Crippen LogP contribution < -0.4 is 16.4 Å². The number of carbonyl (C=O) groups is 1. The standard InChI is InChI=1S/C18H17N3O3/c22-16(19-12-13-6-2-1-3-7-13)10-11-21-18(24)15-9-5-4-8-14(15)17(23)20-21/h1-9H,10-12H2,(H,19,22)(H,20,23). The molecular formula is C18H17N3O3. The van der Waals surface area contributed by atoms with Crippen molar-refractivity contribution in [2.24, 2.45) is 0 Å². The highest BCUT2D eigenvalue weighted by atomic mass is 16.2. The van der Waals surface area contributed by atoms with Crippen molar-refractivity contribution in [2.45, 2.75) is 19.5 Å². The third kappa shape index (κ3) is 3.43. The van der Waals surface area contributed by atoms with E-state index in [1.807, 2.05) is 30.3 Å². The summed E-state index contributed by atoms with van der Waals surface area (Å²) in [7, 11) is 0. The molecule has 0 atom stereocenters. The Kier molecular flexibility index (Phi) is 4.56. The molecule has 1 aromatic heterocycles. The van der Waals surface area contributed by atoms with Crippen molar-refractivity contribution in [2.75, 3.05) is 0 Å². The number of nitrogens with zero attached hydrogens (tertiary/aromatic N) is 1. The van der Waals surface area contributed by atoms with E-state index in [2.05, 4.69) is 10.4 Å². The molecule has 0 radical (unpaired) electrons. The molecule has 3 rings (SSSR count). The van der Waals surface area contributed by atoms with Gasteiger partial charge in [0.1, 0.15) is 0 Å². The number of aryl methyl sites for hydroxylation is 1. The summed E-state index contributed by atoms with van der Waals surface area (Å²) >= 11 is 0. The average molecular weight is 323 g/mol. The van der Waals surface area contributed by atoms with Crippen LogP contribution in [0.4, 0.5) is 0 Å². The summed E-state index contributed by atoms with van der Waals surface area (Å²) in [6.07, 6.45) is 0.112. The van der Waals surface area contributed by atoms with Gasteiger partial charge in [-0.1, -0.05) is 42.5 Å². The number of H-pyrrole nitrogens is 1. The Hall–Kier alpha value is -3.15. The van der Waals surface area contributed by atoms with Crippen molar-refractivity contribution < 1.29 is 4.79 Å². The highest BCUT2D eigenvalue weighted by Crippen LogP contribution is 2.02. The minimum Gasteiger partial charge on any atom is -0.352 e. The summed E-state index contributed by atoms with van der Waals surface area (Å²) in [5.74, 6) is -0.181. The van der Waals surface area contributed by atoms with Crippen molar-refractivity contribution in [3.05, 3.63) is 80.9 Å². The van der Waals surface area contributed by atoms with Gasteiger partial charge in [-0.25, -0.2) is 4.68 Å². The Bertz CT molecular complexity index is 974.